The van der Waals surface area contributed by atoms with Gasteiger partial charge in [0.15, 0.2) is 5.83 Å². The molecule has 10 heavy (non-hydrogen) atoms. The summed E-state index contributed by atoms with van der Waals surface area (Å²) < 4.78 is 12.2. The molecule has 0 aromatic carbocycles. The third-order valence-electron chi connectivity index (χ3n) is 0.871. The van der Waals surface area contributed by atoms with Gasteiger partial charge in [-0.05, 0) is 20.2 Å². The first kappa shape index (κ1) is 9.10. The maximum absolute atomic E-state index is 12.2. The summed E-state index contributed by atoms with van der Waals surface area (Å²) in [7, 11) is 3.54. The fourth-order valence-corrected chi connectivity index (χ4v) is 0.363. The standard InChI is InChI=1S/C6H11FN2O/c1-9(2)4-3-5(7)6(8)10/h3H,4H2,1-2H3,(H2,8,10)/b5-3-. The van der Waals surface area contributed by atoms with Gasteiger partial charge in [-0.2, -0.15) is 0 Å². The topological polar surface area (TPSA) is 46.3 Å². The summed E-state index contributed by atoms with van der Waals surface area (Å²) in [6.07, 6.45) is 1.14. The van der Waals surface area contributed by atoms with Gasteiger partial charge < -0.3 is 10.6 Å². The second-order valence-corrected chi connectivity index (χ2v) is 2.18. The number of likely N-dealkylation sites (N-methyl/N-ethyl adjacent to an activating group) is 1. The van der Waals surface area contributed by atoms with Gasteiger partial charge in [0.1, 0.15) is 0 Å². The lowest BCUT2D eigenvalue weighted by molar-refractivity contribution is -0.115. The fourth-order valence-electron chi connectivity index (χ4n) is 0.363. The van der Waals surface area contributed by atoms with Crippen LogP contribution in [0.25, 0.3) is 0 Å². The SMILES string of the molecule is CN(C)C/C=C(\F)C(N)=O. The van der Waals surface area contributed by atoms with Crippen LogP contribution in [0.5, 0.6) is 0 Å². The smallest absolute Gasteiger partial charge is 0.277 e. The molecule has 0 bridgehead atoms. The van der Waals surface area contributed by atoms with Crippen LogP contribution in [0.2, 0.25) is 0 Å². The summed E-state index contributed by atoms with van der Waals surface area (Å²) >= 11 is 0. The van der Waals surface area contributed by atoms with Gasteiger partial charge in [0.2, 0.25) is 0 Å². The first-order valence-electron chi connectivity index (χ1n) is 2.84. The van der Waals surface area contributed by atoms with Crippen LogP contribution in [0.15, 0.2) is 11.9 Å². The lowest BCUT2D eigenvalue weighted by Crippen LogP contribution is -2.15. The van der Waals surface area contributed by atoms with Crippen molar-refractivity contribution >= 4 is 5.91 Å². The zero-order valence-electron chi connectivity index (χ0n) is 6.10. The second-order valence-electron chi connectivity index (χ2n) is 2.18. The quantitative estimate of drug-likeness (QED) is 0.564. The van der Waals surface area contributed by atoms with E-state index in [4.69, 9.17) is 0 Å². The largest absolute Gasteiger partial charge is 0.364 e. The van der Waals surface area contributed by atoms with Crippen LogP contribution in [0, 0.1) is 0 Å². The highest BCUT2D eigenvalue weighted by Gasteiger charge is 2.00. The predicted octanol–water partition coefficient (Wildman–Crippen LogP) is -0.113. The molecule has 0 atom stereocenters. The molecule has 3 nitrogen and oxygen atoms in total. The molecule has 0 fully saturated rings. The number of nitrogens with zero attached hydrogens (tertiary/aromatic N) is 1. The Labute approximate surface area is 59.3 Å². The first-order valence-corrected chi connectivity index (χ1v) is 2.84. The number of carbonyl (C=O) groups excluding carboxylic acids is 1. The van der Waals surface area contributed by atoms with E-state index in [1.54, 1.807) is 19.0 Å². The molecular weight excluding hydrogens is 135 g/mol. The van der Waals surface area contributed by atoms with Crippen LogP contribution < -0.4 is 5.73 Å². The second kappa shape index (κ2) is 4.00. The van der Waals surface area contributed by atoms with Crippen molar-refractivity contribution in [1.82, 2.24) is 4.90 Å². The normalized spacial score (nSPS) is 12.2. The molecular formula is C6H11FN2O. The Hall–Kier alpha value is -0.900. The van der Waals surface area contributed by atoms with Crippen LogP contribution in [-0.2, 0) is 4.79 Å². The third-order valence-corrected chi connectivity index (χ3v) is 0.871. The summed E-state index contributed by atoms with van der Waals surface area (Å²) in [6.45, 7) is 0.384. The first-order chi connectivity index (χ1) is 4.54. The molecule has 4 heteroatoms. The van der Waals surface area contributed by atoms with E-state index in [1.165, 1.54) is 0 Å². The van der Waals surface area contributed by atoms with Crippen molar-refractivity contribution < 1.29 is 9.18 Å². The Morgan fingerprint density at radius 1 is 1.70 bits per heavy atom. The van der Waals surface area contributed by atoms with E-state index in [2.05, 4.69) is 5.73 Å². The van der Waals surface area contributed by atoms with E-state index >= 15 is 0 Å². The van der Waals surface area contributed by atoms with Crippen molar-refractivity contribution in [2.75, 3.05) is 20.6 Å². The highest BCUT2D eigenvalue weighted by molar-refractivity contribution is 5.89. The molecule has 0 aliphatic carbocycles. The van der Waals surface area contributed by atoms with Crippen LogP contribution in [0.1, 0.15) is 0 Å². The molecule has 0 spiro atoms. The maximum Gasteiger partial charge on any atom is 0.277 e. The lowest BCUT2D eigenvalue weighted by atomic mass is 10.4. The number of nitrogens with two attached hydrogens (primary N) is 1. The van der Waals surface area contributed by atoms with E-state index in [-0.39, 0.29) is 0 Å². The zero-order valence-corrected chi connectivity index (χ0v) is 6.10. The Morgan fingerprint density at radius 3 is 2.50 bits per heavy atom. The van der Waals surface area contributed by atoms with Crippen molar-refractivity contribution in [2.45, 2.75) is 0 Å². The lowest BCUT2D eigenvalue weighted by Gasteiger charge is -2.03. The highest BCUT2D eigenvalue weighted by atomic mass is 19.1. The minimum absolute atomic E-state index is 0.384. The van der Waals surface area contributed by atoms with E-state index in [0.717, 1.165) is 6.08 Å². The Bertz CT molecular complexity index is 154. The van der Waals surface area contributed by atoms with Gasteiger partial charge in [0.25, 0.3) is 5.91 Å². The Kier molecular flexibility index (Phi) is 3.64. The van der Waals surface area contributed by atoms with Crippen molar-refractivity contribution in [1.29, 1.82) is 0 Å². The number of primary amides is 1. The summed E-state index contributed by atoms with van der Waals surface area (Å²) in [5, 5.41) is 0. The minimum Gasteiger partial charge on any atom is -0.364 e. The molecule has 1 amide bonds. The van der Waals surface area contributed by atoms with E-state index in [9.17, 15) is 9.18 Å². The van der Waals surface area contributed by atoms with Gasteiger partial charge in [-0.25, -0.2) is 4.39 Å². The van der Waals surface area contributed by atoms with E-state index < -0.39 is 11.7 Å². The predicted molar refractivity (Wildman–Crippen MR) is 36.9 cm³/mol. The molecule has 0 aliphatic rings. The molecule has 0 heterocycles. The number of halogens is 1. The average molecular weight is 146 g/mol. The van der Waals surface area contributed by atoms with Crippen LogP contribution in [0.3, 0.4) is 0 Å². The monoisotopic (exact) mass is 146 g/mol. The molecule has 0 aliphatic heterocycles. The van der Waals surface area contributed by atoms with Gasteiger partial charge in [-0.1, -0.05) is 0 Å². The minimum atomic E-state index is -1.01. The van der Waals surface area contributed by atoms with Crippen molar-refractivity contribution in [2.24, 2.45) is 5.73 Å². The molecule has 0 saturated carbocycles. The van der Waals surface area contributed by atoms with Gasteiger partial charge in [-0.15, -0.1) is 0 Å². The average Bonchev–Trinajstić information content (AvgIpc) is 1.82. The van der Waals surface area contributed by atoms with Crippen molar-refractivity contribution in [3.05, 3.63) is 11.9 Å². The van der Waals surface area contributed by atoms with Crippen LogP contribution in [-0.4, -0.2) is 31.4 Å². The molecule has 58 valence electrons. The summed E-state index contributed by atoms with van der Waals surface area (Å²) in [6, 6.07) is 0. The summed E-state index contributed by atoms with van der Waals surface area (Å²) in [5.74, 6) is -1.89. The van der Waals surface area contributed by atoms with Gasteiger partial charge in [-0.3, -0.25) is 4.79 Å². The Balaban J connectivity index is 3.81. The number of hydrogen-bond donors (Lipinski definition) is 1. The summed E-state index contributed by atoms with van der Waals surface area (Å²) in [4.78, 5) is 11.8. The molecule has 0 aromatic rings. The molecule has 0 saturated heterocycles. The van der Waals surface area contributed by atoms with Gasteiger partial charge in [0, 0.05) is 6.54 Å². The summed E-state index contributed by atoms with van der Waals surface area (Å²) in [5.41, 5.74) is 4.62. The number of hydrogen-bond acceptors (Lipinski definition) is 2. The van der Waals surface area contributed by atoms with E-state index in [0.29, 0.717) is 6.54 Å². The Morgan fingerprint density at radius 2 is 2.20 bits per heavy atom. The number of carbonyl (C=O) groups is 1. The fraction of sp³-hybridized carbons (Fsp3) is 0.500. The number of amides is 1. The molecule has 2 N–H and O–H groups in total. The maximum atomic E-state index is 12.2. The van der Waals surface area contributed by atoms with Gasteiger partial charge >= 0.3 is 0 Å². The van der Waals surface area contributed by atoms with E-state index in [1.807, 2.05) is 0 Å². The van der Waals surface area contributed by atoms with Crippen molar-refractivity contribution in [3.63, 3.8) is 0 Å². The van der Waals surface area contributed by atoms with Crippen LogP contribution in [0.4, 0.5) is 4.39 Å². The molecule has 0 unspecified atom stereocenters. The molecule has 0 rings (SSSR count). The highest BCUT2D eigenvalue weighted by Crippen LogP contribution is 1.93. The number of rotatable bonds is 3. The van der Waals surface area contributed by atoms with Crippen LogP contribution >= 0.6 is 0 Å². The molecule has 0 radical (unpaired) electrons. The third kappa shape index (κ3) is 4.03. The van der Waals surface area contributed by atoms with Gasteiger partial charge in [0.05, 0.1) is 0 Å². The molecule has 0 aromatic heterocycles. The van der Waals surface area contributed by atoms with Crippen molar-refractivity contribution in [3.8, 4) is 0 Å². The zero-order chi connectivity index (χ0) is 8.15.